The third-order valence-electron chi connectivity index (χ3n) is 2.60. The van der Waals surface area contributed by atoms with Gasteiger partial charge in [0.2, 0.25) is 0 Å². The molecular formula is C12H12F2O3. The molecule has 1 aliphatic rings. The number of carbonyl (C=O) groups is 1. The summed E-state index contributed by atoms with van der Waals surface area (Å²) in [4.78, 5) is 11.5. The molecule has 0 saturated carbocycles. The van der Waals surface area contributed by atoms with Crippen LogP contribution in [0, 0.1) is 0 Å². The van der Waals surface area contributed by atoms with Gasteiger partial charge in [-0.25, -0.2) is 13.6 Å². The second-order valence-corrected chi connectivity index (χ2v) is 3.83. The fraction of sp³-hybridized carbons (Fsp3) is 0.417. The molecule has 0 radical (unpaired) electrons. The average molecular weight is 242 g/mol. The maximum absolute atomic E-state index is 13.1. The fourth-order valence-electron chi connectivity index (χ4n) is 1.60. The smallest absolute Gasteiger partial charge is 0.338 e. The number of alkyl halides is 2. The van der Waals surface area contributed by atoms with Crippen LogP contribution < -0.4 is 0 Å². The van der Waals surface area contributed by atoms with Gasteiger partial charge in [0, 0.05) is 6.42 Å². The predicted octanol–water partition coefficient (Wildman–Crippen LogP) is 2.27. The number of esters is 1. The molecule has 1 atom stereocenters. The van der Waals surface area contributed by atoms with Crippen molar-refractivity contribution in [3.8, 4) is 0 Å². The molecule has 0 aromatic heterocycles. The molecule has 0 aliphatic carbocycles. The van der Waals surface area contributed by atoms with Crippen LogP contribution >= 0.6 is 0 Å². The van der Waals surface area contributed by atoms with Crippen LogP contribution in [0.1, 0.15) is 16.8 Å². The first kappa shape index (κ1) is 12.0. The highest BCUT2D eigenvalue weighted by atomic mass is 19.3. The summed E-state index contributed by atoms with van der Waals surface area (Å²) in [6.07, 6.45) is -1.64. The molecule has 0 unspecified atom stereocenters. The molecule has 2 rings (SSSR count). The van der Waals surface area contributed by atoms with Crippen molar-refractivity contribution in [3.63, 3.8) is 0 Å². The lowest BCUT2D eigenvalue weighted by molar-refractivity contribution is -0.0911. The minimum Gasteiger partial charge on any atom is -0.459 e. The number of rotatable bonds is 3. The van der Waals surface area contributed by atoms with Gasteiger partial charge in [-0.15, -0.1) is 0 Å². The third-order valence-corrected chi connectivity index (χ3v) is 2.60. The molecule has 0 amide bonds. The van der Waals surface area contributed by atoms with Crippen LogP contribution in [0.2, 0.25) is 0 Å². The minimum atomic E-state index is -2.91. The van der Waals surface area contributed by atoms with Crippen molar-refractivity contribution < 1.29 is 23.0 Å². The van der Waals surface area contributed by atoms with Crippen LogP contribution in [-0.4, -0.2) is 31.2 Å². The first-order valence-electron chi connectivity index (χ1n) is 5.31. The summed E-state index contributed by atoms with van der Waals surface area (Å²) in [5, 5.41) is 0. The van der Waals surface area contributed by atoms with E-state index in [0.717, 1.165) is 0 Å². The predicted molar refractivity (Wildman–Crippen MR) is 56.0 cm³/mol. The van der Waals surface area contributed by atoms with E-state index in [0.29, 0.717) is 5.56 Å². The fourth-order valence-corrected chi connectivity index (χ4v) is 1.60. The van der Waals surface area contributed by atoms with E-state index in [4.69, 9.17) is 9.47 Å². The van der Waals surface area contributed by atoms with Crippen molar-refractivity contribution in [2.24, 2.45) is 0 Å². The monoisotopic (exact) mass is 242 g/mol. The van der Waals surface area contributed by atoms with Crippen LogP contribution in [0.25, 0.3) is 0 Å². The van der Waals surface area contributed by atoms with Gasteiger partial charge in [0.15, 0.2) is 6.10 Å². The normalized spacial score (nSPS) is 22.4. The Kier molecular flexibility index (Phi) is 3.38. The Morgan fingerprint density at radius 3 is 2.71 bits per heavy atom. The van der Waals surface area contributed by atoms with E-state index in [2.05, 4.69) is 0 Å². The van der Waals surface area contributed by atoms with Gasteiger partial charge >= 0.3 is 5.97 Å². The molecule has 0 N–H and O–H groups in total. The van der Waals surface area contributed by atoms with Gasteiger partial charge in [0.1, 0.15) is 6.61 Å². The van der Waals surface area contributed by atoms with Crippen molar-refractivity contribution in [1.29, 1.82) is 0 Å². The molecule has 0 spiro atoms. The summed E-state index contributed by atoms with van der Waals surface area (Å²) in [5.41, 5.74) is 0.341. The number of hydrogen-bond acceptors (Lipinski definition) is 3. The van der Waals surface area contributed by atoms with Crippen molar-refractivity contribution >= 4 is 5.97 Å². The highest BCUT2D eigenvalue weighted by Gasteiger charge is 2.45. The zero-order chi connectivity index (χ0) is 12.3. The zero-order valence-corrected chi connectivity index (χ0v) is 9.07. The Labute approximate surface area is 97.3 Å². The van der Waals surface area contributed by atoms with Gasteiger partial charge in [0.05, 0.1) is 12.2 Å². The first-order chi connectivity index (χ1) is 8.09. The van der Waals surface area contributed by atoms with Crippen molar-refractivity contribution in [2.45, 2.75) is 18.4 Å². The lowest BCUT2D eigenvalue weighted by Gasteiger charge is -2.17. The second-order valence-electron chi connectivity index (χ2n) is 3.83. The van der Waals surface area contributed by atoms with E-state index in [9.17, 15) is 13.6 Å². The Morgan fingerprint density at radius 1 is 1.41 bits per heavy atom. The van der Waals surface area contributed by atoms with Gasteiger partial charge in [-0.2, -0.15) is 0 Å². The van der Waals surface area contributed by atoms with Gasteiger partial charge < -0.3 is 9.47 Å². The summed E-state index contributed by atoms with van der Waals surface area (Å²) < 4.78 is 35.9. The standard InChI is InChI=1S/C12H12F2O3/c13-12(14)6-7-16-10(12)8-17-11(15)9-4-2-1-3-5-9/h1-5,10H,6-8H2/t10-/m1/s1. The summed E-state index contributed by atoms with van der Waals surface area (Å²) >= 11 is 0. The molecule has 1 aliphatic heterocycles. The summed E-state index contributed by atoms with van der Waals surface area (Å²) in [7, 11) is 0. The SMILES string of the molecule is O=C(OC[C@H]1OCCC1(F)F)c1ccccc1. The summed E-state index contributed by atoms with van der Waals surface area (Å²) in [5.74, 6) is -3.52. The first-order valence-corrected chi connectivity index (χ1v) is 5.31. The van der Waals surface area contributed by atoms with Crippen LogP contribution in [0.4, 0.5) is 8.78 Å². The van der Waals surface area contributed by atoms with E-state index in [1.165, 1.54) is 0 Å². The van der Waals surface area contributed by atoms with E-state index < -0.39 is 24.6 Å². The topological polar surface area (TPSA) is 35.5 Å². The van der Waals surface area contributed by atoms with Gasteiger partial charge in [0.25, 0.3) is 5.92 Å². The van der Waals surface area contributed by atoms with Crippen molar-refractivity contribution in [1.82, 2.24) is 0 Å². The van der Waals surface area contributed by atoms with Gasteiger partial charge in [-0.3, -0.25) is 0 Å². The number of halogens is 2. The molecule has 5 heteroatoms. The number of benzene rings is 1. The molecule has 1 aromatic rings. The van der Waals surface area contributed by atoms with E-state index in [-0.39, 0.29) is 13.0 Å². The Hall–Kier alpha value is -1.49. The molecule has 3 nitrogen and oxygen atoms in total. The quantitative estimate of drug-likeness (QED) is 0.763. The van der Waals surface area contributed by atoms with Crippen LogP contribution in [0.5, 0.6) is 0 Å². The van der Waals surface area contributed by atoms with E-state index >= 15 is 0 Å². The lowest BCUT2D eigenvalue weighted by Crippen LogP contribution is -2.33. The van der Waals surface area contributed by atoms with E-state index in [1.807, 2.05) is 0 Å². The molecular weight excluding hydrogens is 230 g/mol. The minimum absolute atomic E-state index is 0.000550. The molecule has 1 saturated heterocycles. The average Bonchev–Trinajstić information content (AvgIpc) is 2.66. The van der Waals surface area contributed by atoms with Gasteiger partial charge in [-0.05, 0) is 12.1 Å². The third kappa shape index (κ3) is 2.79. The molecule has 1 fully saturated rings. The molecule has 1 heterocycles. The summed E-state index contributed by atoms with van der Waals surface area (Å²) in [6, 6.07) is 8.24. The van der Waals surface area contributed by atoms with Crippen LogP contribution in [0.3, 0.4) is 0 Å². The largest absolute Gasteiger partial charge is 0.459 e. The van der Waals surface area contributed by atoms with E-state index in [1.54, 1.807) is 30.3 Å². The molecule has 92 valence electrons. The van der Waals surface area contributed by atoms with Crippen molar-refractivity contribution in [2.75, 3.05) is 13.2 Å². The maximum atomic E-state index is 13.1. The lowest BCUT2D eigenvalue weighted by atomic mass is 10.2. The highest BCUT2D eigenvalue weighted by Crippen LogP contribution is 2.31. The Balaban J connectivity index is 1.89. The van der Waals surface area contributed by atoms with Crippen LogP contribution in [0.15, 0.2) is 30.3 Å². The van der Waals surface area contributed by atoms with Crippen molar-refractivity contribution in [3.05, 3.63) is 35.9 Å². The molecule has 17 heavy (non-hydrogen) atoms. The number of carbonyl (C=O) groups excluding carboxylic acids is 1. The number of hydrogen-bond donors (Lipinski definition) is 0. The van der Waals surface area contributed by atoms with Gasteiger partial charge in [-0.1, -0.05) is 18.2 Å². The Bertz CT molecular complexity index is 392. The zero-order valence-electron chi connectivity index (χ0n) is 9.07. The van der Waals surface area contributed by atoms with Crippen LogP contribution in [-0.2, 0) is 9.47 Å². The Morgan fingerprint density at radius 2 is 2.12 bits per heavy atom. The maximum Gasteiger partial charge on any atom is 0.338 e. The number of ether oxygens (including phenoxy) is 2. The molecule has 1 aromatic carbocycles. The summed E-state index contributed by atoms with van der Waals surface area (Å²) in [6.45, 7) is -0.415. The second kappa shape index (κ2) is 4.79. The highest BCUT2D eigenvalue weighted by molar-refractivity contribution is 5.89. The molecule has 0 bridgehead atoms.